The van der Waals surface area contributed by atoms with Crippen molar-refractivity contribution in [3.8, 4) is 11.5 Å². The van der Waals surface area contributed by atoms with Crippen LogP contribution in [0.5, 0.6) is 11.5 Å². The third-order valence-electron chi connectivity index (χ3n) is 5.44. The van der Waals surface area contributed by atoms with E-state index >= 15 is 0 Å². The molecule has 1 atom stereocenters. The second kappa shape index (κ2) is 8.78. The third-order valence-corrected chi connectivity index (χ3v) is 6.14. The van der Waals surface area contributed by atoms with Gasteiger partial charge in [-0.2, -0.15) is 0 Å². The number of hydrogen-bond donors (Lipinski definition) is 0. The maximum atomic E-state index is 11.9. The molecule has 0 amide bonds. The summed E-state index contributed by atoms with van der Waals surface area (Å²) in [7, 11) is 1.60. The smallest absolute Gasteiger partial charge is 0.308 e. The van der Waals surface area contributed by atoms with Crippen LogP contribution >= 0.6 is 23.8 Å². The van der Waals surface area contributed by atoms with Gasteiger partial charge in [0.15, 0.2) is 5.75 Å². The summed E-state index contributed by atoms with van der Waals surface area (Å²) in [5.74, 6) is 0.851. The Kier molecular flexibility index (Phi) is 6.53. The third kappa shape index (κ3) is 3.84. The Morgan fingerprint density at radius 3 is 2.37 bits per heavy atom. The Labute approximate surface area is 187 Å². The van der Waals surface area contributed by atoms with Crippen molar-refractivity contribution >= 4 is 45.7 Å². The van der Waals surface area contributed by atoms with E-state index < -0.39 is 0 Å². The number of nitrogens with zero attached hydrogens (tertiary/aromatic N) is 1. The molecule has 1 aromatic heterocycles. The predicted octanol–water partition coefficient (Wildman–Crippen LogP) is 6.58. The number of ether oxygens (including phenoxy) is 2. The second-order valence-corrected chi connectivity index (χ2v) is 8.32. The van der Waals surface area contributed by atoms with Crippen LogP contribution < -0.4 is 9.47 Å². The van der Waals surface area contributed by atoms with E-state index in [9.17, 15) is 4.79 Å². The van der Waals surface area contributed by atoms with Crippen LogP contribution in [-0.4, -0.2) is 22.6 Å². The summed E-state index contributed by atoms with van der Waals surface area (Å²) in [5, 5.41) is 1.31. The van der Waals surface area contributed by atoms with Crippen molar-refractivity contribution in [3.05, 3.63) is 57.7 Å². The van der Waals surface area contributed by atoms with Gasteiger partial charge in [0, 0.05) is 18.1 Å². The maximum Gasteiger partial charge on any atom is 0.308 e. The van der Waals surface area contributed by atoms with Crippen LogP contribution in [0.1, 0.15) is 55.5 Å². The summed E-state index contributed by atoms with van der Waals surface area (Å²) in [6, 6.07) is 9.87. The molecule has 0 spiro atoms. The molecular weight excluding hydrogens is 418 g/mol. The lowest BCUT2D eigenvalue weighted by molar-refractivity contribution is -0.131. The summed E-state index contributed by atoms with van der Waals surface area (Å²) in [4.78, 5) is 12.6. The SMILES string of the molecule is CCC(C)c1c(OC)c(Cl)cc2c1c(OC(C)=O)c(C)n2C(=S)c1ccc(C)cc1. The van der Waals surface area contributed by atoms with Gasteiger partial charge in [-0.3, -0.25) is 4.79 Å². The van der Waals surface area contributed by atoms with Crippen LogP contribution in [0, 0.1) is 13.8 Å². The largest absolute Gasteiger partial charge is 0.495 e. The van der Waals surface area contributed by atoms with Crippen molar-refractivity contribution < 1.29 is 14.3 Å². The highest BCUT2D eigenvalue weighted by atomic mass is 35.5. The standard InChI is InChI=1S/C24H26ClNO3S/c1-7-14(3)20-21-19(12-18(25)23(20)28-6)26(15(4)22(21)29-16(5)27)24(30)17-10-8-13(2)9-11-17/h8-12,14H,7H2,1-6H3. The lowest BCUT2D eigenvalue weighted by atomic mass is 9.93. The van der Waals surface area contributed by atoms with E-state index in [1.807, 2.05) is 48.7 Å². The van der Waals surface area contributed by atoms with Gasteiger partial charge in [0.2, 0.25) is 0 Å². The molecule has 3 rings (SSSR count). The number of halogens is 1. The van der Waals surface area contributed by atoms with E-state index in [2.05, 4.69) is 13.8 Å². The molecule has 0 saturated heterocycles. The van der Waals surface area contributed by atoms with Gasteiger partial charge < -0.3 is 14.0 Å². The van der Waals surface area contributed by atoms with Gasteiger partial charge in [0.1, 0.15) is 10.7 Å². The summed E-state index contributed by atoms with van der Waals surface area (Å²) in [6.45, 7) is 9.54. The first-order valence-corrected chi connectivity index (χ1v) is 10.7. The summed E-state index contributed by atoms with van der Waals surface area (Å²) >= 11 is 12.5. The van der Waals surface area contributed by atoms with Crippen molar-refractivity contribution in [2.45, 2.75) is 47.0 Å². The van der Waals surface area contributed by atoms with Gasteiger partial charge in [-0.15, -0.1) is 0 Å². The molecule has 0 bridgehead atoms. The van der Waals surface area contributed by atoms with Crippen molar-refractivity contribution in [2.24, 2.45) is 0 Å². The number of thiocarbonyl (C=S) groups is 1. The Morgan fingerprint density at radius 1 is 1.20 bits per heavy atom. The molecule has 6 heteroatoms. The molecule has 1 unspecified atom stereocenters. The van der Waals surface area contributed by atoms with E-state index in [1.165, 1.54) is 6.92 Å². The minimum Gasteiger partial charge on any atom is -0.495 e. The molecule has 0 aliphatic rings. The quantitative estimate of drug-likeness (QED) is 0.329. The normalized spacial score (nSPS) is 12.1. The molecule has 3 aromatic rings. The number of carbonyl (C=O) groups is 1. The fourth-order valence-corrected chi connectivity index (χ4v) is 4.41. The molecule has 2 aromatic carbocycles. The maximum absolute atomic E-state index is 11.9. The monoisotopic (exact) mass is 443 g/mol. The summed E-state index contributed by atoms with van der Waals surface area (Å²) < 4.78 is 13.3. The lowest BCUT2D eigenvalue weighted by Gasteiger charge is -2.18. The molecule has 30 heavy (non-hydrogen) atoms. The molecule has 0 aliphatic carbocycles. The van der Waals surface area contributed by atoms with Crippen LogP contribution in [0.25, 0.3) is 10.9 Å². The van der Waals surface area contributed by atoms with Gasteiger partial charge in [-0.05, 0) is 32.3 Å². The number of aryl methyl sites for hydroxylation is 1. The first kappa shape index (κ1) is 22.3. The fraction of sp³-hybridized carbons (Fsp3) is 0.333. The van der Waals surface area contributed by atoms with Gasteiger partial charge in [0.05, 0.1) is 28.7 Å². The minimum atomic E-state index is -0.387. The molecule has 0 radical (unpaired) electrons. The lowest BCUT2D eigenvalue weighted by Crippen LogP contribution is -2.13. The molecule has 4 nitrogen and oxygen atoms in total. The van der Waals surface area contributed by atoms with E-state index in [1.54, 1.807) is 7.11 Å². The molecule has 0 aliphatic heterocycles. The average Bonchev–Trinajstić information content (AvgIpc) is 2.96. The molecule has 0 saturated carbocycles. The number of hydrogen-bond acceptors (Lipinski definition) is 4. The van der Waals surface area contributed by atoms with Crippen LogP contribution in [0.3, 0.4) is 0 Å². The van der Waals surface area contributed by atoms with Crippen molar-refractivity contribution in [2.75, 3.05) is 7.11 Å². The Hall–Kier alpha value is -2.37. The van der Waals surface area contributed by atoms with E-state index in [-0.39, 0.29) is 11.9 Å². The van der Waals surface area contributed by atoms with E-state index in [0.29, 0.717) is 21.5 Å². The number of esters is 1. The summed E-state index contributed by atoms with van der Waals surface area (Å²) in [5.41, 5.74) is 4.53. The average molecular weight is 444 g/mol. The van der Waals surface area contributed by atoms with Crippen LogP contribution in [0.4, 0.5) is 0 Å². The fourth-order valence-electron chi connectivity index (χ4n) is 3.75. The highest BCUT2D eigenvalue weighted by Crippen LogP contribution is 2.47. The van der Waals surface area contributed by atoms with Gasteiger partial charge in [0.25, 0.3) is 0 Å². The number of aromatic nitrogens is 1. The second-order valence-electron chi connectivity index (χ2n) is 7.52. The van der Waals surface area contributed by atoms with Crippen LogP contribution in [0.15, 0.2) is 30.3 Å². The number of benzene rings is 2. The predicted molar refractivity (Wildman–Crippen MR) is 127 cm³/mol. The molecular formula is C24H26ClNO3S. The zero-order valence-corrected chi connectivity index (χ0v) is 19.7. The Balaban J connectivity index is 2.43. The van der Waals surface area contributed by atoms with E-state index in [4.69, 9.17) is 33.3 Å². The summed E-state index contributed by atoms with van der Waals surface area (Å²) in [6.07, 6.45) is 0.873. The zero-order valence-electron chi connectivity index (χ0n) is 18.1. The van der Waals surface area contributed by atoms with Crippen LogP contribution in [0.2, 0.25) is 5.02 Å². The highest BCUT2D eigenvalue weighted by Gasteiger charge is 2.28. The topological polar surface area (TPSA) is 40.5 Å². The van der Waals surface area contributed by atoms with E-state index in [0.717, 1.165) is 39.7 Å². The molecule has 0 N–H and O–H groups in total. The van der Waals surface area contributed by atoms with Crippen LogP contribution in [-0.2, 0) is 4.79 Å². The molecule has 0 fully saturated rings. The zero-order chi connectivity index (χ0) is 22.2. The highest BCUT2D eigenvalue weighted by molar-refractivity contribution is 7.80. The Bertz CT molecular complexity index is 1130. The Morgan fingerprint density at radius 2 is 1.83 bits per heavy atom. The van der Waals surface area contributed by atoms with Gasteiger partial charge in [-0.25, -0.2) is 0 Å². The van der Waals surface area contributed by atoms with Gasteiger partial charge in [-0.1, -0.05) is 67.5 Å². The minimum absolute atomic E-state index is 0.138. The number of carbonyl (C=O) groups excluding carboxylic acids is 1. The number of methoxy groups -OCH3 is 1. The first-order valence-electron chi connectivity index (χ1n) is 9.92. The van der Waals surface area contributed by atoms with Crippen molar-refractivity contribution in [3.63, 3.8) is 0 Å². The number of fused-ring (bicyclic) bond motifs is 1. The van der Waals surface area contributed by atoms with Gasteiger partial charge >= 0.3 is 5.97 Å². The first-order chi connectivity index (χ1) is 14.2. The van der Waals surface area contributed by atoms with Crippen molar-refractivity contribution in [1.29, 1.82) is 0 Å². The molecule has 1 heterocycles. The van der Waals surface area contributed by atoms with Crippen molar-refractivity contribution in [1.82, 2.24) is 4.57 Å². The number of rotatable bonds is 5. The molecule has 158 valence electrons.